The first-order valence-electron chi connectivity index (χ1n) is 11.2. The van der Waals surface area contributed by atoms with Crippen LogP contribution in [0.15, 0.2) is 20.9 Å². The van der Waals surface area contributed by atoms with Crippen LogP contribution in [0, 0.1) is 6.92 Å². The van der Waals surface area contributed by atoms with Crippen LogP contribution in [0.5, 0.6) is 0 Å². The van der Waals surface area contributed by atoms with E-state index in [2.05, 4.69) is 15.0 Å². The Bertz CT molecular complexity index is 1150. The molecule has 0 aromatic carbocycles. The molecule has 0 radical (unpaired) electrons. The smallest absolute Gasteiger partial charge is 0.330 e. The lowest BCUT2D eigenvalue weighted by Crippen LogP contribution is -2.59. The van der Waals surface area contributed by atoms with E-state index < -0.39 is 91.7 Å². The molecule has 0 amide bonds. The van der Waals surface area contributed by atoms with Gasteiger partial charge in [0.15, 0.2) is 12.4 Å². The van der Waals surface area contributed by atoms with E-state index in [1.807, 2.05) is 0 Å². The van der Waals surface area contributed by atoms with Crippen LogP contribution in [0.25, 0.3) is 10.4 Å². The summed E-state index contributed by atoms with van der Waals surface area (Å²) in [6.07, 6.45) is -9.51. The second-order valence-corrected chi connectivity index (χ2v) is 8.48. The number of hydrogen-bond acceptors (Lipinski definition) is 13. The number of esters is 2. The number of nitrogens with zero attached hydrogens (tertiary/aromatic N) is 4. The highest BCUT2D eigenvalue weighted by molar-refractivity contribution is 5.77. The molecule has 2 aliphatic heterocycles. The molecule has 17 heteroatoms. The van der Waals surface area contributed by atoms with Gasteiger partial charge in [0.05, 0.1) is 25.5 Å². The van der Waals surface area contributed by atoms with Crippen LogP contribution in [0.4, 0.5) is 0 Å². The monoisotopic (exact) mass is 529 g/mol. The van der Waals surface area contributed by atoms with Gasteiger partial charge in [-0.25, -0.2) is 4.79 Å². The number of H-pyrrole nitrogens is 1. The van der Waals surface area contributed by atoms with E-state index >= 15 is 0 Å². The first-order chi connectivity index (χ1) is 17.5. The predicted molar refractivity (Wildman–Crippen MR) is 118 cm³/mol. The molecule has 17 nitrogen and oxygen atoms in total. The Hall–Kier alpha value is -3.31. The normalized spacial score (nSPS) is 31.4. The minimum Gasteiger partial charge on any atom is -0.463 e. The molecule has 3 heterocycles. The van der Waals surface area contributed by atoms with Gasteiger partial charge in [0, 0.05) is 23.1 Å². The average Bonchev–Trinajstić information content (AvgIpc) is 3.26. The van der Waals surface area contributed by atoms with Gasteiger partial charge < -0.3 is 39.4 Å². The number of nitrogens with one attached hydrogen (secondary N) is 1. The van der Waals surface area contributed by atoms with E-state index in [0.29, 0.717) is 0 Å². The van der Waals surface area contributed by atoms with Crippen LogP contribution >= 0.6 is 0 Å². The zero-order valence-electron chi connectivity index (χ0n) is 19.6. The first kappa shape index (κ1) is 28.3. The van der Waals surface area contributed by atoms with Crippen molar-refractivity contribution in [3.05, 3.63) is 43.0 Å². The molecule has 1 aromatic rings. The third-order valence-electron chi connectivity index (χ3n) is 5.91. The van der Waals surface area contributed by atoms with Crippen LogP contribution in [0.1, 0.15) is 31.1 Å². The average molecular weight is 529 g/mol. The van der Waals surface area contributed by atoms with Gasteiger partial charge in [0.25, 0.3) is 5.56 Å². The Kier molecular flexibility index (Phi) is 9.39. The van der Waals surface area contributed by atoms with E-state index in [-0.39, 0.29) is 18.6 Å². The van der Waals surface area contributed by atoms with Crippen molar-refractivity contribution in [3.63, 3.8) is 0 Å². The molecule has 1 aromatic heterocycles. The summed E-state index contributed by atoms with van der Waals surface area (Å²) in [6, 6.07) is -0.797. The van der Waals surface area contributed by atoms with Crippen molar-refractivity contribution in [1.82, 2.24) is 9.55 Å². The SMILES string of the molecule is Cc1cn([C@H]2CC(N=[N+]=[N-])C(COC(=O)CCC(=O)O[C@H]3[C@H](O)[C@@H](CO)OC(O)[C@@H]3O)O2)c(=O)[nH]c1=O. The molecule has 2 fully saturated rings. The number of aromatic nitrogens is 2. The number of azide groups is 1. The van der Waals surface area contributed by atoms with Crippen molar-refractivity contribution in [2.75, 3.05) is 13.2 Å². The quantitative estimate of drug-likeness (QED) is 0.0961. The largest absolute Gasteiger partial charge is 0.463 e. The molecule has 8 atom stereocenters. The fourth-order valence-corrected chi connectivity index (χ4v) is 3.89. The lowest BCUT2D eigenvalue weighted by Gasteiger charge is -2.39. The summed E-state index contributed by atoms with van der Waals surface area (Å²) in [5, 5.41) is 42.4. The number of aryl methyl sites for hydroxylation is 1. The Balaban J connectivity index is 1.52. The maximum Gasteiger partial charge on any atom is 0.330 e. The summed E-state index contributed by atoms with van der Waals surface area (Å²) in [4.78, 5) is 52.9. The van der Waals surface area contributed by atoms with Crippen molar-refractivity contribution < 1.29 is 49.0 Å². The van der Waals surface area contributed by atoms with Crippen molar-refractivity contribution in [2.45, 2.75) is 75.3 Å². The van der Waals surface area contributed by atoms with Gasteiger partial charge in [-0.05, 0) is 12.5 Å². The van der Waals surface area contributed by atoms with Crippen LogP contribution in [-0.2, 0) is 28.5 Å². The molecule has 0 saturated carbocycles. The Morgan fingerprint density at radius 3 is 2.57 bits per heavy atom. The highest BCUT2D eigenvalue weighted by Gasteiger charge is 2.46. The van der Waals surface area contributed by atoms with Crippen molar-refractivity contribution in [2.24, 2.45) is 5.11 Å². The summed E-state index contributed by atoms with van der Waals surface area (Å²) in [5.74, 6) is -1.84. The van der Waals surface area contributed by atoms with Gasteiger partial charge in [-0.3, -0.25) is 23.9 Å². The molecule has 5 N–H and O–H groups in total. The molecule has 2 saturated heterocycles. The number of carbonyl (C=O) groups is 2. The van der Waals surface area contributed by atoms with E-state index in [9.17, 15) is 34.5 Å². The minimum absolute atomic E-state index is 0.0699. The third kappa shape index (κ3) is 6.72. The van der Waals surface area contributed by atoms with Crippen LogP contribution in [0.3, 0.4) is 0 Å². The lowest BCUT2D eigenvalue weighted by atomic mass is 9.99. The molecular formula is C20H27N5O12. The van der Waals surface area contributed by atoms with E-state index in [1.165, 1.54) is 13.1 Å². The number of aliphatic hydroxyl groups excluding tert-OH is 4. The number of carbonyl (C=O) groups excluding carboxylic acids is 2. The standard InChI is InChI=1S/C20H27N5O12/c1-8-5-25(20(33)22-18(8)31)12-4-9(23-24-21)11(35-12)7-34-13(27)2-3-14(28)37-17-15(29)10(6-26)36-19(32)16(17)30/h5,9-12,15-17,19,26,29-30,32H,2-4,6-7H2,1H3,(H,22,31,33)/t9?,10-,11?,12-,15-,16-,17+,19?/m1/s1. The number of ether oxygens (including phenoxy) is 4. The highest BCUT2D eigenvalue weighted by atomic mass is 16.7. The van der Waals surface area contributed by atoms with Crippen molar-refractivity contribution in [1.29, 1.82) is 0 Å². The Morgan fingerprint density at radius 2 is 1.89 bits per heavy atom. The number of hydrogen-bond donors (Lipinski definition) is 5. The van der Waals surface area contributed by atoms with Gasteiger partial charge in [0.2, 0.25) is 0 Å². The minimum atomic E-state index is -1.81. The number of aromatic amines is 1. The second kappa shape index (κ2) is 12.3. The van der Waals surface area contributed by atoms with E-state index in [1.54, 1.807) is 0 Å². The molecule has 0 bridgehead atoms. The molecule has 0 spiro atoms. The van der Waals surface area contributed by atoms with Gasteiger partial charge in [-0.15, -0.1) is 0 Å². The molecule has 3 unspecified atom stereocenters. The maximum absolute atomic E-state index is 12.2. The number of rotatable bonds is 9. The lowest BCUT2D eigenvalue weighted by molar-refractivity contribution is -0.289. The topological polar surface area (TPSA) is 256 Å². The fraction of sp³-hybridized carbons (Fsp3) is 0.700. The fourth-order valence-electron chi connectivity index (χ4n) is 3.89. The summed E-state index contributed by atoms with van der Waals surface area (Å²) >= 11 is 0. The van der Waals surface area contributed by atoms with Crippen LogP contribution in [0.2, 0.25) is 0 Å². The second-order valence-electron chi connectivity index (χ2n) is 8.48. The van der Waals surface area contributed by atoms with Crippen LogP contribution in [-0.4, -0.2) is 98.0 Å². The molecule has 204 valence electrons. The van der Waals surface area contributed by atoms with Crippen molar-refractivity contribution in [3.8, 4) is 0 Å². The summed E-state index contributed by atoms with van der Waals surface area (Å²) < 4.78 is 21.7. The number of aliphatic hydroxyl groups is 4. The van der Waals surface area contributed by atoms with Gasteiger partial charge in [0.1, 0.15) is 37.3 Å². The Morgan fingerprint density at radius 1 is 1.19 bits per heavy atom. The summed E-state index contributed by atoms with van der Waals surface area (Å²) in [6.45, 7) is 0.422. The summed E-state index contributed by atoms with van der Waals surface area (Å²) in [5.41, 5.74) is 7.81. The maximum atomic E-state index is 12.2. The predicted octanol–water partition coefficient (Wildman–Crippen LogP) is -2.52. The van der Waals surface area contributed by atoms with E-state index in [0.717, 1.165) is 4.57 Å². The van der Waals surface area contributed by atoms with Gasteiger partial charge >= 0.3 is 17.6 Å². The zero-order chi connectivity index (χ0) is 27.3. The highest BCUT2D eigenvalue weighted by Crippen LogP contribution is 2.30. The molecule has 3 rings (SSSR count). The Labute approximate surface area is 207 Å². The third-order valence-corrected chi connectivity index (χ3v) is 5.91. The van der Waals surface area contributed by atoms with Gasteiger partial charge in [-0.2, -0.15) is 0 Å². The van der Waals surface area contributed by atoms with Gasteiger partial charge in [-0.1, -0.05) is 5.11 Å². The zero-order valence-corrected chi connectivity index (χ0v) is 19.6. The van der Waals surface area contributed by atoms with E-state index in [4.69, 9.17) is 29.6 Å². The molecule has 0 aliphatic carbocycles. The van der Waals surface area contributed by atoms with Crippen LogP contribution < -0.4 is 11.2 Å². The van der Waals surface area contributed by atoms with Crippen molar-refractivity contribution >= 4 is 11.9 Å². The molecule has 2 aliphatic rings. The molecule has 37 heavy (non-hydrogen) atoms. The first-order valence-corrected chi connectivity index (χ1v) is 11.2. The summed E-state index contributed by atoms with van der Waals surface area (Å²) in [7, 11) is 0. The molecular weight excluding hydrogens is 502 g/mol.